The maximum atomic E-state index is 12.4. The van der Waals surface area contributed by atoms with Crippen molar-refractivity contribution in [2.24, 2.45) is 0 Å². The predicted molar refractivity (Wildman–Crippen MR) is 81.9 cm³/mol. The number of hydrogen-bond donors (Lipinski definition) is 0. The van der Waals surface area contributed by atoms with Gasteiger partial charge in [0.25, 0.3) is 0 Å². The van der Waals surface area contributed by atoms with Crippen LogP contribution in [0.25, 0.3) is 0 Å². The van der Waals surface area contributed by atoms with Crippen LogP contribution >= 0.6 is 0 Å². The lowest BCUT2D eigenvalue weighted by atomic mass is 10.0. The van der Waals surface area contributed by atoms with E-state index in [1.807, 2.05) is 19.1 Å². The second-order valence-electron chi connectivity index (χ2n) is 5.89. The van der Waals surface area contributed by atoms with Gasteiger partial charge in [0.05, 0.1) is 6.54 Å². The summed E-state index contributed by atoms with van der Waals surface area (Å²) in [4.78, 5) is 49.9. The van der Waals surface area contributed by atoms with Crippen molar-refractivity contribution in [2.45, 2.75) is 32.6 Å². The summed E-state index contributed by atoms with van der Waals surface area (Å²) in [7, 11) is 0. The Hall–Kier alpha value is -2.50. The highest BCUT2D eigenvalue weighted by Crippen LogP contribution is 2.23. The molecular weight excluding hydrogens is 296 g/mol. The summed E-state index contributed by atoms with van der Waals surface area (Å²) in [6.45, 7) is 1.61. The Morgan fingerprint density at radius 3 is 2.48 bits per heavy atom. The minimum Gasteiger partial charge on any atom is -0.292 e. The van der Waals surface area contributed by atoms with E-state index in [1.54, 1.807) is 6.07 Å². The number of Topliss-reactive ketones (excluding diaryl/α,β-unsaturated/α-hetero) is 1. The Morgan fingerprint density at radius 1 is 1.04 bits per heavy atom. The van der Waals surface area contributed by atoms with Crippen LogP contribution in [0.3, 0.4) is 0 Å². The van der Waals surface area contributed by atoms with Crippen molar-refractivity contribution >= 4 is 23.6 Å². The maximum absolute atomic E-state index is 12.4. The molecule has 3 rings (SSSR count). The van der Waals surface area contributed by atoms with Gasteiger partial charge in [-0.2, -0.15) is 0 Å². The van der Waals surface area contributed by atoms with Gasteiger partial charge in [-0.25, -0.2) is 9.69 Å². The highest BCUT2D eigenvalue weighted by molar-refractivity contribution is 6.45. The number of rotatable bonds is 5. The van der Waals surface area contributed by atoms with Gasteiger partial charge in [0, 0.05) is 12.1 Å². The van der Waals surface area contributed by atoms with Crippen molar-refractivity contribution in [2.75, 3.05) is 13.1 Å². The minimum atomic E-state index is -0.919. The van der Waals surface area contributed by atoms with E-state index in [2.05, 4.69) is 0 Å². The molecule has 1 aromatic carbocycles. The number of fused-ring (bicyclic) bond motifs is 1. The van der Waals surface area contributed by atoms with E-state index in [9.17, 15) is 19.2 Å². The third-order valence-corrected chi connectivity index (χ3v) is 4.30. The van der Waals surface area contributed by atoms with E-state index in [0.717, 1.165) is 34.6 Å². The molecule has 0 aromatic heterocycles. The zero-order valence-corrected chi connectivity index (χ0v) is 13.0. The first-order chi connectivity index (χ1) is 11.0. The Balaban J connectivity index is 1.76. The molecule has 1 saturated heterocycles. The first-order valence-corrected chi connectivity index (χ1v) is 7.85. The van der Waals surface area contributed by atoms with Gasteiger partial charge in [-0.3, -0.25) is 19.3 Å². The van der Waals surface area contributed by atoms with Crippen molar-refractivity contribution in [3.8, 4) is 0 Å². The summed E-state index contributed by atoms with van der Waals surface area (Å²) in [6.07, 6.45) is 3.61. The van der Waals surface area contributed by atoms with Crippen LogP contribution in [-0.2, 0) is 22.4 Å². The lowest BCUT2D eigenvalue weighted by Crippen LogP contribution is -2.37. The second-order valence-corrected chi connectivity index (χ2v) is 5.89. The van der Waals surface area contributed by atoms with Crippen LogP contribution in [0.5, 0.6) is 0 Å². The molecule has 1 fully saturated rings. The van der Waals surface area contributed by atoms with Gasteiger partial charge >= 0.3 is 17.8 Å². The van der Waals surface area contributed by atoms with Crippen molar-refractivity contribution < 1.29 is 19.2 Å². The van der Waals surface area contributed by atoms with Gasteiger partial charge in [0.2, 0.25) is 0 Å². The Morgan fingerprint density at radius 2 is 1.74 bits per heavy atom. The van der Waals surface area contributed by atoms with Crippen LogP contribution in [0.1, 0.15) is 41.3 Å². The maximum Gasteiger partial charge on any atom is 0.334 e. The molecule has 6 nitrogen and oxygen atoms in total. The normalized spacial score (nSPS) is 17.2. The monoisotopic (exact) mass is 314 g/mol. The van der Waals surface area contributed by atoms with Crippen LogP contribution < -0.4 is 0 Å². The lowest BCUT2D eigenvalue weighted by Gasteiger charge is -2.14. The molecule has 2 aliphatic rings. The topological polar surface area (TPSA) is 74.8 Å². The molecule has 23 heavy (non-hydrogen) atoms. The summed E-state index contributed by atoms with van der Waals surface area (Å²) in [5.41, 5.74) is 2.88. The van der Waals surface area contributed by atoms with Crippen molar-refractivity contribution in [1.82, 2.24) is 9.80 Å². The molecule has 0 bridgehead atoms. The Labute approximate surface area is 134 Å². The van der Waals surface area contributed by atoms with E-state index in [4.69, 9.17) is 0 Å². The van der Waals surface area contributed by atoms with Gasteiger partial charge in [0.15, 0.2) is 5.78 Å². The molecule has 0 N–H and O–H groups in total. The SMILES string of the molecule is CCCN1C(=O)C(=O)N(CC(=O)c2ccc3c(c2)CCC3)C1=O. The van der Waals surface area contributed by atoms with E-state index in [1.165, 1.54) is 5.56 Å². The van der Waals surface area contributed by atoms with Gasteiger partial charge in [-0.05, 0) is 42.9 Å². The molecule has 1 heterocycles. The molecule has 1 aliphatic carbocycles. The third kappa shape index (κ3) is 2.65. The van der Waals surface area contributed by atoms with Crippen LogP contribution in [-0.4, -0.2) is 46.5 Å². The molecule has 6 heteroatoms. The molecule has 120 valence electrons. The number of nitrogens with zero attached hydrogens (tertiary/aromatic N) is 2. The number of ketones is 1. The quantitative estimate of drug-likeness (QED) is 0.469. The largest absolute Gasteiger partial charge is 0.334 e. The molecule has 0 unspecified atom stereocenters. The van der Waals surface area contributed by atoms with Crippen LogP contribution in [0.4, 0.5) is 4.79 Å². The summed E-state index contributed by atoms with van der Waals surface area (Å²) in [5, 5.41) is 0. The standard InChI is InChI=1S/C17H18N2O4/c1-2-8-18-15(21)16(22)19(17(18)23)10-14(20)13-7-6-11-4-3-5-12(11)9-13/h6-7,9H,2-5,8,10H2,1H3. The van der Waals surface area contributed by atoms with Crippen molar-refractivity contribution in [3.63, 3.8) is 0 Å². The third-order valence-electron chi connectivity index (χ3n) is 4.30. The van der Waals surface area contributed by atoms with Crippen LogP contribution in [0.15, 0.2) is 18.2 Å². The fourth-order valence-electron chi connectivity index (χ4n) is 3.09. The number of hydrogen-bond acceptors (Lipinski definition) is 4. The predicted octanol–water partition coefficient (Wildman–Crippen LogP) is 1.56. The molecule has 4 amide bonds. The summed E-state index contributed by atoms with van der Waals surface area (Å²) in [5.74, 6) is -2.09. The smallest absolute Gasteiger partial charge is 0.292 e. The zero-order valence-electron chi connectivity index (χ0n) is 13.0. The Bertz CT molecular complexity index is 711. The van der Waals surface area contributed by atoms with E-state index < -0.39 is 17.8 Å². The first kappa shape index (κ1) is 15.4. The number of imide groups is 2. The molecule has 0 atom stereocenters. The van der Waals surface area contributed by atoms with Gasteiger partial charge in [-0.1, -0.05) is 19.1 Å². The number of urea groups is 1. The van der Waals surface area contributed by atoms with Crippen molar-refractivity contribution in [3.05, 3.63) is 34.9 Å². The van der Waals surface area contributed by atoms with E-state index >= 15 is 0 Å². The van der Waals surface area contributed by atoms with Gasteiger partial charge < -0.3 is 0 Å². The number of aryl methyl sites for hydroxylation is 2. The molecule has 0 radical (unpaired) electrons. The average molecular weight is 314 g/mol. The molecule has 1 aromatic rings. The van der Waals surface area contributed by atoms with Gasteiger partial charge in [-0.15, -0.1) is 0 Å². The van der Waals surface area contributed by atoms with Crippen LogP contribution in [0, 0.1) is 0 Å². The fraction of sp³-hybridized carbons (Fsp3) is 0.412. The average Bonchev–Trinajstić information content (AvgIpc) is 3.09. The number of amides is 4. The van der Waals surface area contributed by atoms with Gasteiger partial charge in [0.1, 0.15) is 0 Å². The molecular formula is C17H18N2O4. The summed E-state index contributed by atoms with van der Waals surface area (Å²) in [6, 6.07) is 4.79. The summed E-state index contributed by atoms with van der Waals surface area (Å²) < 4.78 is 0. The molecule has 0 spiro atoms. The zero-order chi connectivity index (χ0) is 16.6. The number of benzene rings is 1. The number of carbonyl (C=O) groups is 4. The fourth-order valence-corrected chi connectivity index (χ4v) is 3.09. The van der Waals surface area contributed by atoms with E-state index in [0.29, 0.717) is 12.0 Å². The highest BCUT2D eigenvalue weighted by Gasteiger charge is 2.44. The minimum absolute atomic E-state index is 0.187. The summed E-state index contributed by atoms with van der Waals surface area (Å²) >= 11 is 0. The lowest BCUT2D eigenvalue weighted by molar-refractivity contribution is -0.143. The number of carbonyl (C=O) groups excluding carboxylic acids is 4. The van der Waals surface area contributed by atoms with Crippen LogP contribution in [0.2, 0.25) is 0 Å². The highest BCUT2D eigenvalue weighted by atomic mass is 16.2. The van der Waals surface area contributed by atoms with Crippen molar-refractivity contribution in [1.29, 1.82) is 0 Å². The van der Waals surface area contributed by atoms with E-state index in [-0.39, 0.29) is 18.9 Å². The Kier molecular flexibility index (Phi) is 3.98. The molecule has 0 saturated carbocycles. The molecule has 1 aliphatic heterocycles. The first-order valence-electron chi connectivity index (χ1n) is 7.85. The second kappa shape index (κ2) is 5.95.